The molecule has 0 aliphatic carbocycles. The van der Waals surface area contributed by atoms with Crippen molar-refractivity contribution >= 4 is 28.9 Å². The van der Waals surface area contributed by atoms with Crippen LogP contribution in [0.2, 0.25) is 5.02 Å². The lowest BCUT2D eigenvalue weighted by Crippen LogP contribution is -2.27. The molecule has 0 radical (unpaired) electrons. The van der Waals surface area contributed by atoms with Gasteiger partial charge in [-0.05, 0) is 70.0 Å². The lowest BCUT2D eigenvalue weighted by Gasteiger charge is -2.21. The Labute approximate surface area is 271 Å². The first-order valence-corrected chi connectivity index (χ1v) is 16.0. The van der Waals surface area contributed by atoms with Crippen LogP contribution in [0.25, 0.3) is 22.5 Å². The molecule has 0 aliphatic heterocycles. The standard InChI is InChI=1S/C36H35ClN2O5S/c1-36(2,3)30-15-11-26(12-16-30)32(21-24-7-9-27(10-8-24)35(40)38-19-20-43-45(41)42)33-23-34(44-39-33)29-6-4-5-28(22-29)25-13-17-31(37)18-14-25/h4-18,22-23,32H,19-21H2,1-3H3,(H,38,40)(H,41,42). The average Bonchev–Trinajstić information content (AvgIpc) is 3.52. The van der Waals surface area contributed by atoms with Gasteiger partial charge in [0.2, 0.25) is 0 Å². The molecule has 5 rings (SSSR count). The number of halogens is 1. The normalized spacial score (nSPS) is 12.9. The van der Waals surface area contributed by atoms with Gasteiger partial charge >= 0.3 is 11.4 Å². The van der Waals surface area contributed by atoms with Crippen molar-refractivity contribution in [1.29, 1.82) is 0 Å². The smallest absolute Gasteiger partial charge is 0.301 e. The first-order valence-electron chi connectivity index (χ1n) is 14.6. The third kappa shape index (κ3) is 8.55. The molecule has 0 saturated carbocycles. The van der Waals surface area contributed by atoms with Crippen LogP contribution in [-0.4, -0.2) is 33.0 Å². The second-order valence-electron chi connectivity index (χ2n) is 11.8. The van der Waals surface area contributed by atoms with Gasteiger partial charge in [0, 0.05) is 34.7 Å². The van der Waals surface area contributed by atoms with Gasteiger partial charge in [-0.2, -0.15) is 4.21 Å². The molecule has 9 heteroatoms. The highest BCUT2D eigenvalue weighted by Crippen LogP contribution is 2.34. The summed E-state index contributed by atoms with van der Waals surface area (Å²) in [6.07, 6.45) is 0.643. The molecule has 0 spiro atoms. The zero-order chi connectivity index (χ0) is 32.0. The largest absolute Gasteiger partial charge is 0.356 e. The van der Waals surface area contributed by atoms with E-state index in [1.165, 1.54) is 5.56 Å². The highest BCUT2D eigenvalue weighted by Gasteiger charge is 2.22. The van der Waals surface area contributed by atoms with Crippen LogP contribution < -0.4 is 5.32 Å². The van der Waals surface area contributed by atoms with Crippen LogP contribution in [0.15, 0.2) is 108 Å². The Hall–Kier alpha value is -4.08. The fourth-order valence-electron chi connectivity index (χ4n) is 5.10. The fourth-order valence-corrected chi connectivity index (χ4v) is 5.45. The van der Waals surface area contributed by atoms with Gasteiger partial charge in [-0.3, -0.25) is 13.5 Å². The SMILES string of the molecule is CC(C)(C)c1ccc(C(Cc2ccc(C(=O)NCCOS(=O)O)cc2)c2cc(-c3cccc(-c4ccc(Cl)cc4)c3)on2)cc1. The summed E-state index contributed by atoms with van der Waals surface area (Å²) >= 11 is 3.73. The van der Waals surface area contributed by atoms with Crippen molar-refractivity contribution in [2.75, 3.05) is 13.2 Å². The molecule has 1 aromatic heterocycles. The summed E-state index contributed by atoms with van der Waals surface area (Å²) in [5, 5.41) is 7.92. The molecule has 1 amide bonds. The van der Waals surface area contributed by atoms with E-state index in [1.54, 1.807) is 12.1 Å². The Bertz CT molecular complexity index is 1760. The fraction of sp³-hybridized carbons (Fsp3) is 0.222. The second kappa shape index (κ2) is 14.3. The van der Waals surface area contributed by atoms with E-state index >= 15 is 0 Å². The summed E-state index contributed by atoms with van der Waals surface area (Å²) in [6.45, 7) is 6.64. The highest BCUT2D eigenvalue weighted by atomic mass is 35.5. The van der Waals surface area contributed by atoms with Crippen LogP contribution in [0.1, 0.15) is 59.4 Å². The number of nitrogens with one attached hydrogen (secondary N) is 1. The molecule has 0 saturated heterocycles. The number of benzene rings is 4. The first-order chi connectivity index (χ1) is 21.6. The molecule has 0 bridgehead atoms. The predicted octanol–water partition coefficient (Wildman–Crippen LogP) is 8.22. The van der Waals surface area contributed by atoms with E-state index < -0.39 is 11.4 Å². The van der Waals surface area contributed by atoms with Crippen molar-refractivity contribution < 1.29 is 22.3 Å². The predicted molar refractivity (Wildman–Crippen MR) is 179 cm³/mol. The van der Waals surface area contributed by atoms with Gasteiger partial charge in [-0.25, -0.2) is 0 Å². The Kier molecular flexibility index (Phi) is 10.3. The minimum Gasteiger partial charge on any atom is -0.356 e. The number of hydrogen-bond donors (Lipinski definition) is 2. The molecule has 2 N–H and O–H groups in total. The topological polar surface area (TPSA) is 102 Å². The molecule has 1 heterocycles. The number of hydrogen-bond acceptors (Lipinski definition) is 5. The number of nitrogens with zero attached hydrogens (tertiary/aromatic N) is 1. The number of carbonyl (C=O) groups excluding carboxylic acids is 1. The summed E-state index contributed by atoms with van der Waals surface area (Å²) in [6, 6.07) is 34.0. The quantitative estimate of drug-likeness (QED) is 0.111. The van der Waals surface area contributed by atoms with Crippen molar-refractivity contribution in [3.63, 3.8) is 0 Å². The number of aromatic nitrogens is 1. The molecule has 4 aromatic carbocycles. The molecule has 45 heavy (non-hydrogen) atoms. The first kappa shape index (κ1) is 32.3. The maximum absolute atomic E-state index is 12.5. The van der Waals surface area contributed by atoms with Gasteiger partial charge in [-0.15, -0.1) is 0 Å². The van der Waals surface area contributed by atoms with Gasteiger partial charge in [-0.1, -0.05) is 104 Å². The number of amides is 1. The maximum atomic E-state index is 12.5. The van der Waals surface area contributed by atoms with E-state index in [-0.39, 0.29) is 30.4 Å². The van der Waals surface area contributed by atoms with E-state index in [9.17, 15) is 9.00 Å². The molecule has 232 valence electrons. The summed E-state index contributed by atoms with van der Waals surface area (Å²) in [7, 11) is 0. The molecule has 2 unspecified atom stereocenters. The molecule has 7 nitrogen and oxygen atoms in total. The Morgan fingerprint density at radius 1 is 0.933 bits per heavy atom. The van der Waals surface area contributed by atoms with Crippen LogP contribution in [0, 0.1) is 0 Å². The van der Waals surface area contributed by atoms with Gasteiger partial charge < -0.3 is 9.84 Å². The lowest BCUT2D eigenvalue weighted by atomic mass is 9.83. The molecular formula is C36H35ClN2O5S. The van der Waals surface area contributed by atoms with Gasteiger partial charge in [0.25, 0.3) is 5.91 Å². The number of carbonyl (C=O) groups is 1. The van der Waals surface area contributed by atoms with Crippen LogP contribution in [0.5, 0.6) is 0 Å². The Morgan fingerprint density at radius 2 is 1.62 bits per heavy atom. The molecule has 5 aromatic rings. The third-order valence-electron chi connectivity index (χ3n) is 7.62. The van der Waals surface area contributed by atoms with E-state index in [0.717, 1.165) is 33.5 Å². The zero-order valence-electron chi connectivity index (χ0n) is 25.3. The molecule has 0 fully saturated rings. The van der Waals surface area contributed by atoms with Crippen molar-refractivity contribution in [2.45, 2.75) is 38.5 Å². The van der Waals surface area contributed by atoms with Crippen LogP contribution in [0.3, 0.4) is 0 Å². The number of rotatable bonds is 11. The van der Waals surface area contributed by atoms with Crippen LogP contribution in [0.4, 0.5) is 0 Å². The van der Waals surface area contributed by atoms with Gasteiger partial charge in [0.05, 0.1) is 12.3 Å². The Morgan fingerprint density at radius 3 is 2.29 bits per heavy atom. The van der Waals surface area contributed by atoms with Crippen LogP contribution in [-0.2, 0) is 27.4 Å². The van der Waals surface area contributed by atoms with Gasteiger partial charge in [0.1, 0.15) is 0 Å². The average molecular weight is 643 g/mol. The van der Waals surface area contributed by atoms with Crippen molar-refractivity contribution in [3.05, 3.63) is 136 Å². The molecule has 0 aliphatic rings. The van der Waals surface area contributed by atoms with Crippen LogP contribution >= 0.6 is 11.6 Å². The Balaban J connectivity index is 1.40. The molecular weight excluding hydrogens is 608 g/mol. The molecule has 2 atom stereocenters. The summed E-state index contributed by atoms with van der Waals surface area (Å²) in [4.78, 5) is 12.5. The van der Waals surface area contributed by atoms with Gasteiger partial charge in [0.15, 0.2) is 5.76 Å². The van der Waals surface area contributed by atoms with E-state index in [0.29, 0.717) is 22.8 Å². The second-order valence-corrected chi connectivity index (χ2v) is 12.9. The maximum Gasteiger partial charge on any atom is 0.301 e. The highest BCUT2D eigenvalue weighted by molar-refractivity contribution is 7.74. The van der Waals surface area contributed by atoms with Crippen molar-refractivity contribution in [2.24, 2.45) is 0 Å². The summed E-state index contributed by atoms with van der Waals surface area (Å²) in [5.41, 5.74) is 7.76. The minimum absolute atomic E-state index is 0.0297. The monoisotopic (exact) mass is 642 g/mol. The lowest BCUT2D eigenvalue weighted by molar-refractivity contribution is 0.0947. The summed E-state index contributed by atoms with van der Waals surface area (Å²) in [5.74, 6) is 0.301. The zero-order valence-corrected chi connectivity index (χ0v) is 26.9. The van der Waals surface area contributed by atoms with E-state index in [1.807, 2.05) is 54.6 Å². The van der Waals surface area contributed by atoms with Crippen molar-refractivity contribution in [3.8, 4) is 22.5 Å². The van der Waals surface area contributed by atoms with Crippen molar-refractivity contribution in [1.82, 2.24) is 10.5 Å². The van der Waals surface area contributed by atoms with E-state index in [2.05, 4.69) is 71.8 Å². The third-order valence-corrected chi connectivity index (χ3v) is 8.24. The minimum atomic E-state index is -2.36. The van der Waals surface area contributed by atoms with E-state index in [4.69, 9.17) is 20.7 Å². The summed E-state index contributed by atoms with van der Waals surface area (Å²) < 4.78 is 29.8.